The summed E-state index contributed by atoms with van der Waals surface area (Å²) in [5.41, 5.74) is 1.36. The van der Waals surface area contributed by atoms with Crippen LogP contribution in [0.3, 0.4) is 0 Å². The minimum atomic E-state index is 0.136. The minimum Gasteiger partial charge on any atom is -0.352 e. The van der Waals surface area contributed by atoms with E-state index in [9.17, 15) is 9.59 Å². The topological polar surface area (TPSA) is 80.0 Å². The summed E-state index contributed by atoms with van der Waals surface area (Å²) in [4.78, 5) is 29.3. The molecular formula is C25H44N6O2. The average molecular weight is 461 g/mol. The second-order valence-corrected chi connectivity index (χ2v) is 9.67. The van der Waals surface area contributed by atoms with Crippen molar-refractivity contribution >= 4 is 11.8 Å². The van der Waals surface area contributed by atoms with Crippen LogP contribution in [0.25, 0.3) is 0 Å². The van der Waals surface area contributed by atoms with Crippen molar-refractivity contribution in [3.8, 4) is 0 Å². The Balaban J connectivity index is 0.000000257. The van der Waals surface area contributed by atoms with Gasteiger partial charge in [0.25, 0.3) is 0 Å². The van der Waals surface area contributed by atoms with Gasteiger partial charge in [0, 0.05) is 31.7 Å². The number of hydrogen-bond acceptors (Lipinski definition) is 6. The molecule has 0 unspecified atom stereocenters. The number of likely N-dealkylation sites (N-methyl/N-ethyl adjacent to an activating group) is 2. The molecule has 2 saturated heterocycles. The molecule has 1 aromatic carbocycles. The van der Waals surface area contributed by atoms with Crippen molar-refractivity contribution in [3.05, 3.63) is 35.9 Å². The van der Waals surface area contributed by atoms with Crippen molar-refractivity contribution in [1.29, 1.82) is 0 Å². The van der Waals surface area contributed by atoms with E-state index in [2.05, 4.69) is 51.2 Å². The highest BCUT2D eigenvalue weighted by atomic mass is 16.2. The lowest BCUT2D eigenvalue weighted by atomic mass is 10.0. The third kappa shape index (κ3) is 12.1. The first kappa shape index (κ1) is 27.2. The van der Waals surface area contributed by atoms with Crippen LogP contribution in [0.15, 0.2) is 30.3 Å². The Morgan fingerprint density at radius 3 is 1.82 bits per heavy atom. The molecule has 2 heterocycles. The van der Waals surface area contributed by atoms with E-state index in [0.29, 0.717) is 25.2 Å². The molecule has 8 nitrogen and oxygen atoms in total. The van der Waals surface area contributed by atoms with E-state index in [1.165, 1.54) is 5.56 Å². The van der Waals surface area contributed by atoms with Gasteiger partial charge >= 0.3 is 0 Å². The van der Waals surface area contributed by atoms with E-state index < -0.39 is 0 Å². The molecule has 1 aromatic rings. The number of amides is 2. The standard InChI is InChI=1S/C16H25N3O.C9H19N3O/c1-18(2)13-16(20)17-15-8-10-19(11-9-15)12-14-6-4-3-5-7-14;1-12(2)7-9(13)11-8-3-5-10-6-4-8/h3-7,15H,8-13H2,1-2H3,(H,17,20);8,10H,3-7H2,1-2H3,(H,11,13). The molecule has 0 spiro atoms. The Hall–Kier alpha value is -2.00. The van der Waals surface area contributed by atoms with Crippen LogP contribution in [-0.4, -0.2) is 106 Å². The molecule has 8 heteroatoms. The molecule has 3 N–H and O–H groups in total. The van der Waals surface area contributed by atoms with Crippen LogP contribution in [0.5, 0.6) is 0 Å². The van der Waals surface area contributed by atoms with E-state index in [4.69, 9.17) is 0 Å². The summed E-state index contributed by atoms with van der Waals surface area (Å²) in [5.74, 6) is 0.272. The molecule has 2 fully saturated rings. The highest BCUT2D eigenvalue weighted by molar-refractivity contribution is 5.78. The third-order valence-electron chi connectivity index (χ3n) is 5.83. The number of benzene rings is 1. The highest BCUT2D eigenvalue weighted by Crippen LogP contribution is 2.13. The SMILES string of the molecule is CN(C)CC(=O)NC1CCN(Cc2ccccc2)CC1.CN(C)CC(=O)NC1CCNCC1. The van der Waals surface area contributed by atoms with Gasteiger partial charge < -0.3 is 25.8 Å². The first-order valence-electron chi connectivity index (χ1n) is 12.2. The first-order chi connectivity index (χ1) is 15.8. The summed E-state index contributed by atoms with van der Waals surface area (Å²) >= 11 is 0. The molecule has 0 bridgehead atoms. The molecule has 0 saturated carbocycles. The number of carbonyl (C=O) groups is 2. The molecule has 0 aromatic heterocycles. The van der Waals surface area contributed by atoms with Crippen LogP contribution < -0.4 is 16.0 Å². The van der Waals surface area contributed by atoms with Gasteiger partial charge in [0.1, 0.15) is 0 Å². The minimum absolute atomic E-state index is 0.136. The maximum absolute atomic E-state index is 11.7. The van der Waals surface area contributed by atoms with Crippen LogP contribution >= 0.6 is 0 Å². The molecule has 2 aliphatic heterocycles. The van der Waals surface area contributed by atoms with Gasteiger partial charge in [-0.25, -0.2) is 0 Å². The van der Waals surface area contributed by atoms with Gasteiger partial charge in [0.2, 0.25) is 11.8 Å². The maximum Gasteiger partial charge on any atom is 0.234 e. The Bertz CT molecular complexity index is 683. The van der Waals surface area contributed by atoms with Crippen molar-refractivity contribution < 1.29 is 9.59 Å². The molecule has 3 rings (SSSR count). The smallest absolute Gasteiger partial charge is 0.234 e. The number of nitrogens with one attached hydrogen (secondary N) is 3. The fourth-order valence-corrected chi connectivity index (χ4v) is 4.16. The quantitative estimate of drug-likeness (QED) is 0.531. The fourth-order valence-electron chi connectivity index (χ4n) is 4.16. The van der Waals surface area contributed by atoms with Crippen molar-refractivity contribution in [1.82, 2.24) is 30.7 Å². The summed E-state index contributed by atoms with van der Waals surface area (Å²) in [6.45, 7) is 6.14. The third-order valence-corrected chi connectivity index (χ3v) is 5.83. The highest BCUT2D eigenvalue weighted by Gasteiger charge is 2.20. The van der Waals surface area contributed by atoms with Crippen molar-refractivity contribution in [2.75, 3.05) is 67.5 Å². The van der Waals surface area contributed by atoms with Gasteiger partial charge in [-0.2, -0.15) is 0 Å². The fraction of sp³-hybridized carbons (Fsp3) is 0.680. The molecule has 0 aliphatic carbocycles. The molecule has 0 atom stereocenters. The zero-order chi connectivity index (χ0) is 24.1. The largest absolute Gasteiger partial charge is 0.352 e. The van der Waals surface area contributed by atoms with Crippen molar-refractivity contribution in [3.63, 3.8) is 0 Å². The molecule has 2 aliphatic rings. The molecule has 0 radical (unpaired) electrons. The van der Waals surface area contributed by atoms with Crippen LogP contribution in [0.2, 0.25) is 0 Å². The molecular weight excluding hydrogens is 416 g/mol. The lowest BCUT2D eigenvalue weighted by Crippen LogP contribution is -2.46. The number of carbonyl (C=O) groups excluding carboxylic acids is 2. The van der Waals surface area contributed by atoms with Gasteiger partial charge in [0.15, 0.2) is 0 Å². The summed E-state index contributed by atoms with van der Waals surface area (Å²) in [7, 11) is 7.65. The van der Waals surface area contributed by atoms with E-state index >= 15 is 0 Å². The number of nitrogens with zero attached hydrogens (tertiary/aromatic N) is 3. The monoisotopic (exact) mass is 460 g/mol. The zero-order valence-corrected chi connectivity index (χ0v) is 21.0. The number of rotatable bonds is 8. The average Bonchev–Trinajstić information content (AvgIpc) is 2.76. The number of hydrogen-bond donors (Lipinski definition) is 3. The lowest BCUT2D eigenvalue weighted by molar-refractivity contribution is -0.123. The van der Waals surface area contributed by atoms with Crippen molar-refractivity contribution in [2.45, 2.75) is 44.3 Å². The summed E-state index contributed by atoms with van der Waals surface area (Å²) in [5, 5.41) is 9.42. The van der Waals surface area contributed by atoms with Crippen LogP contribution in [0, 0.1) is 0 Å². The van der Waals surface area contributed by atoms with Crippen LogP contribution in [-0.2, 0) is 16.1 Å². The van der Waals surface area contributed by atoms with E-state index in [0.717, 1.165) is 58.4 Å². The predicted molar refractivity (Wildman–Crippen MR) is 134 cm³/mol. The molecule has 2 amide bonds. The Morgan fingerprint density at radius 1 is 0.848 bits per heavy atom. The maximum atomic E-state index is 11.7. The summed E-state index contributed by atoms with van der Waals surface area (Å²) < 4.78 is 0. The van der Waals surface area contributed by atoms with Crippen molar-refractivity contribution in [2.24, 2.45) is 0 Å². The van der Waals surface area contributed by atoms with Crippen LogP contribution in [0.4, 0.5) is 0 Å². The Kier molecular flexibility index (Phi) is 12.4. The van der Waals surface area contributed by atoms with E-state index in [-0.39, 0.29) is 11.8 Å². The molecule has 186 valence electrons. The summed E-state index contributed by atoms with van der Waals surface area (Å²) in [6.07, 6.45) is 4.20. The molecule has 33 heavy (non-hydrogen) atoms. The van der Waals surface area contributed by atoms with Gasteiger partial charge in [-0.3, -0.25) is 14.5 Å². The van der Waals surface area contributed by atoms with Gasteiger partial charge in [-0.1, -0.05) is 30.3 Å². The Labute approximate surface area is 200 Å². The predicted octanol–water partition coefficient (Wildman–Crippen LogP) is 0.745. The van der Waals surface area contributed by atoms with E-state index in [1.807, 2.05) is 38.0 Å². The van der Waals surface area contributed by atoms with E-state index in [1.54, 1.807) is 0 Å². The first-order valence-corrected chi connectivity index (χ1v) is 12.2. The van der Waals surface area contributed by atoms with Gasteiger partial charge in [-0.15, -0.1) is 0 Å². The van der Waals surface area contributed by atoms with Gasteiger partial charge in [0.05, 0.1) is 13.1 Å². The lowest BCUT2D eigenvalue weighted by Gasteiger charge is -2.32. The second kappa shape index (κ2) is 15.0. The summed E-state index contributed by atoms with van der Waals surface area (Å²) in [6, 6.07) is 11.3. The van der Waals surface area contributed by atoms with Gasteiger partial charge in [-0.05, 0) is 72.5 Å². The normalized spacial score (nSPS) is 18.0. The second-order valence-electron chi connectivity index (χ2n) is 9.67. The zero-order valence-electron chi connectivity index (χ0n) is 21.0. The van der Waals surface area contributed by atoms with Crippen LogP contribution in [0.1, 0.15) is 31.2 Å². The number of piperidine rings is 2. The Morgan fingerprint density at radius 2 is 1.33 bits per heavy atom. The number of likely N-dealkylation sites (tertiary alicyclic amines) is 1.